The SMILES string of the molecule is FC(F)(F)c1nc2n(c1CN1CC(Cc3ccoc3)C1)CCCC2. The van der Waals surface area contributed by atoms with Crippen molar-refractivity contribution in [3.63, 3.8) is 0 Å². The molecule has 130 valence electrons. The Morgan fingerprint density at radius 2 is 2.08 bits per heavy atom. The van der Waals surface area contributed by atoms with Gasteiger partial charge in [0.15, 0.2) is 5.69 Å². The van der Waals surface area contributed by atoms with Crippen molar-refractivity contribution in [1.82, 2.24) is 14.5 Å². The second kappa shape index (κ2) is 5.95. The second-order valence-electron chi connectivity index (χ2n) is 6.83. The molecule has 7 heteroatoms. The van der Waals surface area contributed by atoms with E-state index < -0.39 is 11.9 Å². The summed E-state index contributed by atoms with van der Waals surface area (Å²) in [6.07, 6.45) is 2.43. The van der Waals surface area contributed by atoms with Crippen LogP contribution >= 0.6 is 0 Å². The molecular formula is C17H20F3N3O. The van der Waals surface area contributed by atoms with Gasteiger partial charge in [0.25, 0.3) is 0 Å². The summed E-state index contributed by atoms with van der Waals surface area (Å²) in [6, 6.07) is 1.94. The maximum absolute atomic E-state index is 13.3. The molecule has 2 aromatic heterocycles. The molecule has 4 rings (SSSR count). The fraction of sp³-hybridized carbons (Fsp3) is 0.588. The van der Waals surface area contributed by atoms with Crippen molar-refractivity contribution in [3.8, 4) is 0 Å². The molecule has 2 aliphatic rings. The molecule has 2 aromatic rings. The van der Waals surface area contributed by atoms with E-state index in [2.05, 4.69) is 9.88 Å². The lowest BCUT2D eigenvalue weighted by Gasteiger charge is -2.39. The van der Waals surface area contributed by atoms with Crippen LogP contribution in [0.15, 0.2) is 23.0 Å². The molecule has 1 fully saturated rings. The Morgan fingerprint density at radius 1 is 1.25 bits per heavy atom. The van der Waals surface area contributed by atoms with Crippen LogP contribution in [0.4, 0.5) is 13.2 Å². The van der Waals surface area contributed by atoms with E-state index in [1.807, 2.05) is 6.07 Å². The zero-order chi connectivity index (χ0) is 16.7. The van der Waals surface area contributed by atoms with Crippen LogP contribution in [0.3, 0.4) is 0 Å². The molecule has 2 aliphatic heterocycles. The lowest BCUT2D eigenvalue weighted by molar-refractivity contribution is -0.142. The summed E-state index contributed by atoms with van der Waals surface area (Å²) in [4.78, 5) is 5.99. The summed E-state index contributed by atoms with van der Waals surface area (Å²) in [6.45, 7) is 2.63. The zero-order valence-corrected chi connectivity index (χ0v) is 13.4. The number of fused-ring (bicyclic) bond motifs is 1. The Kier molecular flexibility index (Phi) is 3.90. The van der Waals surface area contributed by atoms with Gasteiger partial charge in [-0.3, -0.25) is 4.90 Å². The third-order valence-electron chi connectivity index (χ3n) is 4.96. The maximum Gasteiger partial charge on any atom is 0.435 e. The largest absolute Gasteiger partial charge is 0.472 e. The molecule has 0 atom stereocenters. The van der Waals surface area contributed by atoms with Gasteiger partial charge in [0.05, 0.1) is 18.2 Å². The van der Waals surface area contributed by atoms with Gasteiger partial charge in [0, 0.05) is 32.6 Å². The molecule has 24 heavy (non-hydrogen) atoms. The van der Waals surface area contributed by atoms with Gasteiger partial charge in [-0.15, -0.1) is 0 Å². The third kappa shape index (κ3) is 2.97. The van der Waals surface area contributed by atoms with E-state index >= 15 is 0 Å². The molecule has 0 aliphatic carbocycles. The molecule has 1 saturated heterocycles. The van der Waals surface area contributed by atoms with E-state index in [1.165, 1.54) is 0 Å². The predicted molar refractivity (Wildman–Crippen MR) is 81.3 cm³/mol. The van der Waals surface area contributed by atoms with Gasteiger partial charge in [-0.2, -0.15) is 13.2 Å². The predicted octanol–water partition coefficient (Wildman–Crippen LogP) is 3.51. The standard InChI is InChI=1S/C17H20F3N3O/c18-17(19,20)16-14(23-5-2-1-3-15(23)21-16)10-22-8-13(9-22)7-12-4-6-24-11-12/h4,6,11,13H,1-3,5,7-10H2. The Bertz CT molecular complexity index is 699. The van der Waals surface area contributed by atoms with Crippen LogP contribution in [0.2, 0.25) is 0 Å². The average Bonchev–Trinajstić information content (AvgIpc) is 3.12. The first-order valence-corrected chi connectivity index (χ1v) is 8.39. The number of hydrogen-bond acceptors (Lipinski definition) is 3. The number of aromatic nitrogens is 2. The molecule has 0 radical (unpaired) electrons. The average molecular weight is 339 g/mol. The monoisotopic (exact) mass is 339 g/mol. The number of hydrogen-bond donors (Lipinski definition) is 0. The van der Waals surface area contributed by atoms with Crippen molar-refractivity contribution in [2.75, 3.05) is 13.1 Å². The minimum atomic E-state index is -4.37. The highest BCUT2D eigenvalue weighted by Gasteiger charge is 2.40. The number of imidazole rings is 1. The van der Waals surface area contributed by atoms with E-state index in [1.54, 1.807) is 17.1 Å². The number of nitrogens with zero attached hydrogens (tertiary/aromatic N) is 3. The number of alkyl halides is 3. The van der Waals surface area contributed by atoms with Gasteiger partial charge < -0.3 is 8.98 Å². The molecule has 0 N–H and O–H groups in total. The third-order valence-corrected chi connectivity index (χ3v) is 4.96. The highest BCUT2D eigenvalue weighted by molar-refractivity contribution is 5.22. The van der Waals surface area contributed by atoms with Crippen LogP contribution < -0.4 is 0 Å². The van der Waals surface area contributed by atoms with Crippen molar-refractivity contribution in [1.29, 1.82) is 0 Å². The van der Waals surface area contributed by atoms with Crippen LogP contribution in [0.5, 0.6) is 0 Å². The maximum atomic E-state index is 13.3. The molecule has 0 aromatic carbocycles. The lowest BCUT2D eigenvalue weighted by atomic mass is 9.93. The van der Waals surface area contributed by atoms with Crippen LogP contribution in [0.25, 0.3) is 0 Å². The van der Waals surface area contributed by atoms with Crippen molar-refractivity contribution in [2.24, 2.45) is 5.92 Å². The van der Waals surface area contributed by atoms with Gasteiger partial charge in [-0.1, -0.05) is 0 Å². The summed E-state index contributed by atoms with van der Waals surface area (Å²) in [7, 11) is 0. The number of rotatable bonds is 4. The van der Waals surface area contributed by atoms with E-state index in [9.17, 15) is 13.2 Å². The van der Waals surface area contributed by atoms with Gasteiger partial charge in [0.1, 0.15) is 5.82 Å². The van der Waals surface area contributed by atoms with Crippen molar-refractivity contribution in [3.05, 3.63) is 41.4 Å². The zero-order valence-electron chi connectivity index (χ0n) is 13.4. The van der Waals surface area contributed by atoms with Crippen LogP contribution in [0, 0.1) is 5.92 Å². The van der Waals surface area contributed by atoms with E-state index in [4.69, 9.17) is 4.42 Å². The Labute approximate surface area is 138 Å². The number of likely N-dealkylation sites (tertiary alicyclic amines) is 1. The molecule has 0 unspecified atom stereocenters. The fourth-order valence-corrected chi connectivity index (χ4v) is 3.82. The number of furan rings is 1. The minimum Gasteiger partial charge on any atom is -0.472 e. The summed E-state index contributed by atoms with van der Waals surface area (Å²) < 4.78 is 46.9. The first kappa shape index (κ1) is 15.7. The van der Waals surface area contributed by atoms with Crippen LogP contribution in [-0.4, -0.2) is 27.5 Å². The van der Waals surface area contributed by atoms with Crippen LogP contribution in [0.1, 0.15) is 35.6 Å². The minimum absolute atomic E-state index is 0.337. The van der Waals surface area contributed by atoms with E-state index in [0.717, 1.165) is 37.9 Å². The summed E-state index contributed by atoms with van der Waals surface area (Å²) >= 11 is 0. The van der Waals surface area contributed by atoms with Crippen molar-refractivity contribution >= 4 is 0 Å². The number of halogens is 3. The van der Waals surface area contributed by atoms with E-state index in [0.29, 0.717) is 36.9 Å². The summed E-state index contributed by atoms with van der Waals surface area (Å²) in [5.41, 5.74) is 0.814. The summed E-state index contributed by atoms with van der Waals surface area (Å²) in [5, 5.41) is 0. The molecule has 4 nitrogen and oxygen atoms in total. The Hall–Kier alpha value is -1.76. The fourth-order valence-electron chi connectivity index (χ4n) is 3.82. The molecule has 0 spiro atoms. The Balaban J connectivity index is 1.46. The normalized spacial score (nSPS) is 19.3. The molecule has 0 bridgehead atoms. The highest BCUT2D eigenvalue weighted by atomic mass is 19.4. The number of aryl methyl sites for hydroxylation is 1. The van der Waals surface area contributed by atoms with E-state index in [-0.39, 0.29) is 0 Å². The molecule has 0 saturated carbocycles. The topological polar surface area (TPSA) is 34.2 Å². The highest BCUT2D eigenvalue weighted by Crippen LogP contribution is 2.35. The van der Waals surface area contributed by atoms with Gasteiger partial charge in [-0.05, 0) is 36.8 Å². The second-order valence-corrected chi connectivity index (χ2v) is 6.83. The Morgan fingerprint density at radius 3 is 2.79 bits per heavy atom. The summed E-state index contributed by atoms with van der Waals surface area (Å²) in [5.74, 6) is 1.08. The molecule has 4 heterocycles. The quantitative estimate of drug-likeness (QED) is 0.855. The molecular weight excluding hydrogens is 319 g/mol. The van der Waals surface area contributed by atoms with Crippen molar-refractivity contribution < 1.29 is 17.6 Å². The lowest BCUT2D eigenvalue weighted by Crippen LogP contribution is -2.47. The molecule has 0 amide bonds. The first-order chi connectivity index (χ1) is 11.5. The van der Waals surface area contributed by atoms with Gasteiger partial charge in [0.2, 0.25) is 0 Å². The van der Waals surface area contributed by atoms with Crippen molar-refractivity contribution in [2.45, 2.75) is 44.9 Å². The van der Waals surface area contributed by atoms with Crippen LogP contribution in [-0.2, 0) is 32.1 Å². The van der Waals surface area contributed by atoms with Gasteiger partial charge >= 0.3 is 6.18 Å². The smallest absolute Gasteiger partial charge is 0.435 e. The first-order valence-electron chi connectivity index (χ1n) is 8.39. The van der Waals surface area contributed by atoms with Gasteiger partial charge in [-0.25, -0.2) is 4.98 Å².